The van der Waals surface area contributed by atoms with Gasteiger partial charge in [0.1, 0.15) is 5.76 Å². The minimum Gasteiger partial charge on any atom is -0.467 e. The molecule has 0 fully saturated rings. The van der Waals surface area contributed by atoms with Crippen LogP contribution in [0.3, 0.4) is 0 Å². The Morgan fingerprint density at radius 1 is 1.35 bits per heavy atom. The van der Waals surface area contributed by atoms with Crippen LogP contribution in [0.4, 0.5) is 10.8 Å². The molecule has 0 spiro atoms. The highest BCUT2D eigenvalue weighted by Gasteiger charge is 2.18. The van der Waals surface area contributed by atoms with Gasteiger partial charge in [-0.15, -0.1) is 10.2 Å². The summed E-state index contributed by atoms with van der Waals surface area (Å²) in [6.45, 7) is 4.24. The Labute approximate surface area is 164 Å². The predicted octanol–water partition coefficient (Wildman–Crippen LogP) is 4.82. The molecule has 2 N–H and O–H groups in total. The second-order valence-corrected chi connectivity index (χ2v) is 8.44. The van der Waals surface area contributed by atoms with Crippen LogP contribution >= 0.6 is 34.7 Å². The van der Waals surface area contributed by atoms with Gasteiger partial charge in [0.2, 0.25) is 11.0 Å². The smallest absolute Gasteiger partial charge is 0.237 e. The molecule has 1 unspecified atom stereocenters. The SMILES string of the molecule is Cc1c(Cl)cccc1NC(=O)C(C)Sc1nnc(NCc2ccco2)s1. The largest absolute Gasteiger partial charge is 0.467 e. The van der Waals surface area contributed by atoms with E-state index in [2.05, 4.69) is 20.8 Å². The van der Waals surface area contributed by atoms with Crippen molar-refractivity contribution in [3.05, 3.63) is 52.9 Å². The number of furan rings is 1. The van der Waals surface area contributed by atoms with Gasteiger partial charge in [0.05, 0.1) is 18.1 Å². The molecule has 9 heteroatoms. The predicted molar refractivity (Wildman–Crippen MR) is 106 cm³/mol. The molecule has 0 aliphatic carbocycles. The number of nitrogens with one attached hydrogen (secondary N) is 2. The molecule has 0 saturated heterocycles. The van der Waals surface area contributed by atoms with Crippen LogP contribution in [0.2, 0.25) is 5.02 Å². The lowest BCUT2D eigenvalue weighted by atomic mass is 10.2. The zero-order valence-corrected chi connectivity index (χ0v) is 16.5. The number of carbonyl (C=O) groups is 1. The average molecular weight is 409 g/mol. The van der Waals surface area contributed by atoms with Crippen molar-refractivity contribution in [3.63, 3.8) is 0 Å². The fourth-order valence-corrected chi connectivity index (χ4v) is 4.15. The molecule has 1 atom stereocenters. The van der Waals surface area contributed by atoms with Crippen LogP contribution in [0.15, 0.2) is 45.4 Å². The van der Waals surface area contributed by atoms with Crippen molar-refractivity contribution >= 4 is 51.4 Å². The number of anilines is 2. The first kappa shape index (κ1) is 18.8. The molecule has 3 rings (SSSR count). The fraction of sp³-hybridized carbons (Fsp3) is 0.235. The molecule has 0 aliphatic rings. The summed E-state index contributed by atoms with van der Waals surface area (Å²) in [5.41, 5.74) is 1.56. The Balaban J connectivity index is 1.54. The topological polar surface area (TPSA) is 80.0 Å². The highest BCUT2D eigenvalue weighted by molar-refractivity contribution is 8.02. The number of benzene rings is 1. The molecule has 2 aromatic heterocycles. The van der Waals surface area contributed by atoms with Gasteiger partial charge in [-0.25, -0.2) is 0 Å². The summed E-state index contributed by atoms with van der Waals surface area (Å²) in [4.78, 5) is 12.4. The van der Waals surface area contributed by atoms with Gasteiger partial charge in [-0.05, 0) is 43.7 Å². The number of aromatic nitrogens is 2. The first-order chi connectivity index (χ1) is 12.5. The van der Waals surface area contributed by atoms with E-state index in [1.165, 1.54) is 23.1 Å². The van der Waals surface area contributed by atoms with Gasteiger partial charge in [-0.3, -0.25) is 4.79 Å². The normalized spacial score (nSPS) is 12.0. The van der Waals surface area contributed by atoms with Crippen LogP contribution in [0.25, 0.3) is 0 Å². The van der Waals surface area contributed by atoms with Crippen molar-refractivity contribution < 1.29 is 9.21 Å². The van der Waals surface area contributed by atoms with Gasteiger partial charge in [0.15, 0.2) is 4.34 Å². The molecule has 0 bridgehead atoms. The lowest BCUT2D eigenvalue weighted by molar-refractivity contribution is -0.115. The molecule has 1 amide bonds. The van der Waals surface area contributed by atoms with Crippen LogP contribution in [0, 0.1) is 6.92 Å². The number of carbonyl (C=O) groups excluding carboxylic acids is 1. The quantitative estimate of drug-likeness (QED) is 0.545. The summed E-state index contributed by atoms with van der Waals surface area (Å²) >= 11 is 8.85. The summed E-state index contributed by atoms with van der Waals surface area (Å²) in [5, 5.41) is 15.2. The van der Waals surface area contributed by atoms with E-state index in [1.54, 1.807) is 12.3 Å². The Morgan fingerprint density at radius 2 is 2.19 bits per heavy atom. The average Bonchev–Trinajstić information content (AvgIpc) is 3.28. The molecule has 1 aromatic carbocycles. The monoisotopic (exact) mass is 408 g/mol. The van der Waals surface area contributed by atoms with Crippen molar-refractivity contribution in [3.8, 4) is 0 Å². The minimum atomic E-state index is -0.320. The van der Waals surface area contributed by atoms with E-state index in [9.17, 15) is 4.79 Å². The van der Waals surface area contributed by atoms with Crippen molar-refractivity contribution in [2.24, 2.45) is 0 Å². The Hall–Kier alpha value is -2.03. The second-order valence-electron chi connectivity index (χ2n) is 5.47. The first-order valence-electron chi connectivity index (χ1n) is 7.85. The standard InChI is InChI=1S/C17H17ClN4O2S2/c1-10-13(18)6-3-7-14(10)20-15(23)11(2)25-17-22-21-16(26-17)19-9-12-5-4-8-24-12/h3-8,11H,9H2,1-2H3,(H,19,21)(H,20,23). The van der Waals surface area contributed by atoms with Gasteiger partial charge in [-0.2, -0.15) is 0 Å². The summed E-state index contributed by atoms with van der Waals surface area (Å²) in [5.74, 6) is 0.708. The van der Waals surface area contributed by atoms with E-state index < -0.39 is 0 Å². The maximum atomic E-state index is 12.4. The minimum absolute atomic E-state index is 0.110. The summed E-state index contributed by atoms with van der Waals surface area (Å²) < 4.78 is 5.98. The maximum Gasteiger partial charge on any atom is 0.237 e. The van der Waals surface area contributed by atoms with Crippen LogP contribution in [0.1, 0.15) is 18.2 Å². The molecular weight excluding hydrogens is 392 g/mol. The molecule has 136 valence electrons. The van der Waals surface area contributed by atoms with Crippen molar-refractivity contribution in [2.45, 2.75) is 30.0 Å². The van der Waals surface area contributed by atoms with Crippen molar-refractivity contribution in [1.29, 1.82) is 0 Å². The highest BCUT2D eigenvalue weighted by atomic mass is 35.5. The number of nitrogens with zero attached hydrogens (tertiary/aromatic N) is 2. The van der Waals surface area contributed by atoms with E-state index in [1.807, 2.05) is 38.1 Å². The Morgan fingerprint density at radius 3 is 2.96 bits per heavy atom. The van der Waals surface area contributed by atoms with Gasteiger partial charge in [0, 0.05) is 10.7 Å². The van der Waals surface area contributed by atoms with Gasteiger partial charge >= 0.3 is 0 Å². The van der Waals surface area contributed by atoms with E-state index >= 15 is 0 Å². The number of halogens is 1. The molecule has 0 radical (unpaired) electrons. The third kappa shape index (κ3) is 4.78. The molecular formula is C17H17ClN4O2S2. The molecule has 6 nitrogen and oxygen atoms in total. The zero-order valence-electron chi connectivity index (χ0n) is 14.2. The van der Waals surface area contributed by atoms with E-state index in [0.717, 1.165) is 15.7 Å². The lowest BCUT2D eigenvalue weighted by Gasteiger charge is -2.12. The zero-order chi connectivity index (χ0) is 18.5. The highest BCUT2D eigenvalue weighted by Crippen LogP contribution is 2.30. The lowest BCUT2D eigenvalue weighted by Crippen LogP contribution is -2.22. The molecule has 3 aromatic rings. The number of thioether (sulfide) groups is 1. The molecule has 26 heavy (non-hydrogen) atoms. The number of amides is 1. The third-order valence-corrected chi connectivity index (χ3v) is 6.05. The van der Waals surface area contributed by atoms with E-state index in [4.69, 9.17) is 16.0 Å². The van der Waals surface area contributed by atoms with Gasteiger partial charge in [0.25, 0.3) is 0 Å². The van der Waals surface area contributed by atoms with Gasteiger partial charge in [-0.1, -0.05) is 40.8 Å². The summed E-state index contributed by atoms with van der Waals surface area (Å²) in [6, 6.07) is 9.15. The number of rotatable bonds is 7. The first-order valence-corrected chi connectivity index (χ1v) is 9.92. The summed E-state index contributed by atoms with van der Waals surface area (Å²) in [6.07, 6.45) is 1.63. The van der Waals surface area contributed by atoms with Crippen molar-refractivity contribution in [2.75, 3.05) is 10.6 Å². The number of hydrogen-bond donors (Lipinski definition) is 2. The van der Waals surface area contributed by atoms with Crippen LogP contribution < -0.4 is 10.6 Å². The van der Waals surface area contributed by atoms with Crippen LogP contribution in [0.5, 0.6) is 0 Å². The second kappa shape index (κ2) is 8.57. The Bertz CT molecular complexity index is 883. The maximum absolute atomic E-state index is 12.4. The summed E-state index contributed by atoms with van der Waals surface area (Å²) in [7, 11) is 0. The van der Waals surface area contributed by atoms with E-state index in [-0.39, 0.29) is 11.2 Å². The third-order valence-electron chi connectivity index (χ3n) is 3.57. The van der Waals surface area contributed by atoms with Gasteiger partial charge < -0.3 is 15.1 Å². The Kier molecular flexibility index (Phi) is 6.18. The van der Waals surface area contributed by atoms with E-state index in [0.29, 0.717) is 22.4 Å². The fourth-order valence-electron chi connectivity index (χ4n) is 2.09. The van der Waals surface area contributed by atoms with Crippen LogP contribution in [-0.4, -0.2) is 21.4 Å². The molecule has 0 saturated carbocycles. The molecule has 0 aliphatic heterocycles. The number of hydrogen-bond acceptors (Lipinski definition) is 7. The molecule has 2 heterocycles. The van der Waals surface area contributed by atoms with Crippen molar-refractivity contribution in [1.82, 2.24) is 10.2 Å². The van der Waals surface area contributed by atoms with Crippen LogP contribution in [-0.2, 0) is 11.3 Å².